The Morgan fingerprint density at radius 1 is 1.19 bits per heavy atom. The van der Waals surface area contributed by atoms with Gasteiger partial charge in [0, 0.05) is 19.5 Å². The van der Waals surface area contributed by atoms with Crippen LogP contribution < -0.4 is 0 Å². The molecular formula is C17H26N4. The van der Waals surface area contributed by atoms with E-state index in [2.05, 4.69) is 21.5 Å². The molecule has 0 unspecified atom stereocenters. The highest BCUT2D eigenvalue weighted by molar-refractivity contribution is 5.74. The number of hydrogen-bond donors (Lipinski definition) is 0. The van der Waals surface area contributed by atoms with Crippen molar-refractivity contribution in [1.29, 1.82) is 0 Å². The van der Waals surface area contributed by atoms with Crippen LogP contribution in [0.5, 0.6) is 0 Å². The second-order valence-corrected chi connectivity index (χ2v) is 3.63. The van der Waals surface area contributed by atoms with Gasteiger partial charge in [0.25, 0.3) is 0 Å². The summed E-state index contributed by atoms with van der Waals surface area (Å²) < 4.78 is 1.93. The fourth-order valence-electron chi connectivity index (χ4n) is 1.65. The molecule has 4 nitrogen and oxygen atoms in total. The minimum Gasteiger partial charge on any atom is -0.311 e. The lowest BCUT2D eigenvalue weighted by Crippen LogP contribution is -1.93. The van der Waals surface area contributed by atoms with E-state index in [9.17, 15) is 0 Å². The zero-order valence-corrected chi connectivity index (χ0v) is 14.0. The van der Waals surface area contributed by atoms with Crippen molar-refractivity contribution >= 4 is 12.0 Å². The largest absolute Gasteiger partial charge is 0.311 e. The van der Waals surface area contributed by atoms with E-state index in [-0.39, 0.29) is 0 Å². The quantitative estimate of drug-likeness (QED) is 0.765. The van der Waals surface area contributed by atoms with Gasteiger partial charge in [-0.1, -0.05) is 46.4 Å². The predicted molar refractivity (Wildman–Crippen MR) is 92.2 cm³/mol. The third kappa shape index (κ3) is 4.99. The highest BCUT2D eigenvalue weighted by Gasteiger charge is 2.12. The monoisotopic (exact) mass is 286 g/mol. The van der Waals surface area contributed by atoms with Gasteiger partial charge in [0.2, 0.25) is 0 Å². The Bertz CT molecular complexity index is 554. The van der Waals surface area contributed by atoms with Crippen molar-refractivity contribution < 1.29 is 0 Å². The van der Waals surface area contributed by atoms with Crippen molar-refractivity contribution in [1.82, 2.24) is 14.5 Å². The van der Waals surface area contributed by atoms with E-state index in [1.807, 2.05) is 64.4 Å². The Kier molecular flexibility index (Phi) is 9.43. The summed E-state index contributed by atoms with van der Waals surface area (Å²) in [5.74, 6) is 1.64. The van der Waals surface area contributed by atoms with Crippen molar-refractivity contribution in [3.05, 3.63) is 42.7 Å². The minimum atomic E-state index is 0.819. The molecule has 0 spiro atoms. The molecule has 2 rings (SSSR count). The molecule has 0 aromatic carbocycles. The Labute approximate surface area is 128 Å². The summed E-state index contributed by atoms with van der Waals surface area (Å²) >= 11 is 0. The lowest BCUT2D eigenvalue weighted by molar-refractivity contribution is 0.916. The normalized spacial score (nSPS) is 9.43. The average Bonchev–Trinajstić information content (AvgIpc) is 2.85. The van der Waals surface area contributed by atoms with Crippen molar-refractivity contribution in [2.24, 2.45) is 12.0 Å². The topological polar surface area (TPSA) is 43.1 Å². The van der Waals surface area contributed by atoms with Crippen LogP contribution in [-0.4, -0.2) is 20.7 Å². The maximum absolute atomic E-state index is 4.49. The fourth-order valence-corrected chi connectivity index (χ4v) is 1.65. The van der Waals surface area contributed by atoms with Crippen LogP contribution in [0.25, 0.3) is 11.5 Å². The molecule has 0 bridgehead atoms. The van der Waals surface area contributed by atoms with Crippen molar-refractivity contribution in [2.45, 2.75) is 34.6 Å². The molecule has 0 N–H and O–H groups in total. The number of nitrogens with zero attached hydrogens (tertiary/aromatic N) is 4. The Morgan fingerprint density at radius 2 is 1.86 bits per heavy atom. The molecule has 2 heterocycles. The van der Waals surface area contributed by atoms with E-state index in [0.717, 1.165) is 23.0 Å². The lowest BCUT2D eigenvalue weighted by Gasteiger charge is -2.01. The van der Waals surface area contributed by atoms with Crippen LogP contribution in [-0.2, 0) is 7.05 Å². The summed E-state index contributed by atoms with van der Waals surface area (Å²) in [4.78, 5) is 13.1. The Balaban J connectivity index is 0.000000921. The SMILES string of the molecule is C=C/C=N\c1c(C)nc(-c2ccccn2)n1C.CC.CC. The maximum atomic E-state index is 4.49. The van der Waals surface area contributed by atoms with E-state index in [4.69, 9.17) is 0 Å². The molecule has 2 aromatic rings. The Morgan fingerprint density at radius 3 is 2.38 bits per heavy atom. The van der Waals surface area contributed by atoms with Gasteiger partial charge < -0.3 is 4.57 Å². The van der Waals surface area contributed by atoms with Crippen molar-refractivity contribution in [2.75, 3.05) is 0 Å². The van der Waals surface area contributed by atoms with Crippen LogP contribution in [0.4, 0.5) is 5.82 Å². The van der Waals surface area contributed by atoms with Gasteiger partial charge >= 0.3 is 0 Å². The van der Waals surface area contributed by atoms with Crippen LogP contribution in [0.15, 0.2) is 42.0 Å². The molecule has 0 aliphatic rings. The predicted octanol–water partition coefficient (Wildman–Crippen LogP) is 4.73. The number of hydrogen-bond acceptors (Lipinski definition) is 3. The van der Waals surface area contributed by atoms with Crippen LogP contribution in [0.1, 0.15) is 33.4 Å². The molecule has 0 aliphatic carbocycles. The van der Waals surface area contributed by atoms with Crippen LogP contribution in [0, 0.1) is 6.92 Å². The molecule has 0 saturated carbocycles. The first-order valence-corrected chi connectivity index (χ1v) is 7.34. The number of rotatable bonds is 3. The molecule has 0 saturated heterocycles. The smallest absolute Gasteiger partial charge is 0.160 e. The van der Waals surface area contributed by atoms with Crippen LogP contribution in [0.2, 0.25) is 0 Å². The maximum Gasteiger partial charge on any atom is 0.160 e. The zero-order valence-electron chi connectivity index (χ0n) is 14.0. The molecule has 0 fully saturated rings. The van der Waals surface area contributed by atoms with Crippen LogP contribution in [0.3, 0.4) is 0 Å². The molecule has 114 valence electrons. The lowest BCUT2D eigenvalue weighted by atomic mass is 10.3. The van der Waals surface area contributed by atoms with E-state index < -0.39 is 0 Å². The molecule has 0 radical (unpaired) electrons. The van der Waals surface area contributed by atoms with Crippen molar-refractivity contribution in [3.63, 3.8) is 0 Å². The van der Waals surface area contributed by atoms with Gasteiger partial charge in [0.05, 0.1) is 5.69 Å². The summed E-state index contributed by atoms with van der Waals surface area (Å²) in [5, 5.41) is 0. The number of imidazole rings is 1. The number of aliphatic imine (C=N–C) groups is 1. The zero-order chi connectivity index (χ0) is 16.3. The average molecular weight is 286 g/mol. The van der Waals surface area contributed by atoms with Crippen molar-refractivity contribution in [3.8, 4) is 11.5 Å². The Hall–Kier alpha value is -2.23. The molecular weight excluding hydrogens is 260 g/mol. The highest BCUT2D eigenvalue weighted by atomic mass is 15.1. The van der Waals surface area contributed by atoms with Gasteiger partial charge in [0.1, 0.15) is 5.69 Å². The summed E-state index contributed by atoms with van der Waals surface area (Å²) in [6.07, 6.45) is 5.06. The summed E-state index contributed by atoms with van der Waals surface area (Å²) in [7, 11) is 1.93. The second-order valence-electron chi connectivity index (χ2n) is 3.63. The van der Waals surface area contributed by atoms with Gasteiger partial charge in [0.15, 0.2) is 11.6 Å². The van der Waals surface area contributed by atoms with Gasteiger partial charge in [-0.2, -0.15) is 0 Å². The van der Waals surface area contributed by atoms with Crippen LogP contribution >= 0.6 is 0 Å². The minimum absolute atomic E-state index is 0.819. The number of aryl methyl sites for hydroxylation is 1. The van der Waals surface area contributed by atoms with E-state index in [0.29, 0.717) is 0 Å². The number of aromatic nitrogens is 3. The molecule has 2 aromatic heterocycles. The standard InChI is InChI=1S/C13H14N4.2C2H6/c1-4-8-15-12-10(2)16-13(17(12)3)11-7-5-6-9-14-11;2*1-2/h4-9H,1H2,2-3H3;2*1-2H3/b15-8-;;. The third-order valence-corrected chi connectivity index (χ3v) is 2.43. The summed E-state index contributed by atoms with van der Waals surface area (Å²) in [6, 6.07) is 5.76. The van der Waals surface area contributed by atoms with Gasteiger partial charge in [-0.05, 0) is 19.1 Å². The van der Waals surface area contributed by atoms with Gasteiger partial charge in [-0.15, -0.1) is 0 Å². The van der Waals surface area contributed by atoms with E-state index in [1.54, 1.807) is 18.5 Å². The summed E-state index contributed by atoms with van der Waals surface area (Å²) in [5.41, 5.74) is 1.73. The van der Waals surface area contributed by atoms with E-state index >= 15 is 0 Å². The summed E-state index contributed by atoms with van der Waals surface area (Å²) in [6.45, 7) is 13.5. The molecule has 21 heavy (non-hydrogen) atoms. The first kappa shape index (κ1) is 18.8. The molecule has 0 aliphatic heterocycles. The first-order valence-electron chi connectivity index (χ1n) is 7.34. The number of pyridine rings is 1. The molecule has 0 atom stereocenters. The van der Waals surface area contributed by atoms with Gasteiger partial charge in [-0.25, -0.2) is 9.98 Å². The van der Waals surface area contributed by atoms with Gasteiger partial charge in [-0.3, -0.25) is 4.98 Å². The highest BCUT2D eigenvalue weighted by Crippen LogP contribution is 2.24. The number of allylic oxidation sites excluding steroid dienone is 1. The fraction of sp³-hybridized carbons (Fsp3) is 0.353. The first-order chi connectivity index (χ1) is 10.2. The molecule has 4 heteroatoms. The van der Waals surface area contributed by atoms with E-state index in [1.165, 1.54) is 0 Å². The second kappa shape index (κ2) is 10.5. The third-order valence-electron chi connectivity index (χ3n) is 2.43. The molecule has 0 amide bonds.